The molecular formula is C23H32N4O2. The summed E-state index contributed by atoms with van der Waals surface area (Å²) in [6.07, 6.45) is 6.39. The van der Waals surface area contributed by atoms with Crippen molar-refractivity contribution in [2.75, 3.05) is 31.6 Å². The number of amides is 1. The number of nitrogens with zero attached hydrogens (tertiary/aromatic N) is 4. The van der Waals surface area contributed by atoms with Gasteiger partial charge in [0.05, 0.1) is 18.3 Å². The second kappa shape index (κ2) is 8.56. The number of hydrogen-bond donors (Lipinski definition) is 0. The van der Waals surface area contributed by atoms with Gasteiger partial charge in [0.2, 0.25) is 11.9 Å². The molecule has 6 nitrogen and oxygen atoms in total. The maximum Gasteiger partial charge on any atom is 0.226 e. The molecule has 0 spiro atoms. The molecule has 0 saturated carbocycles. The number of ether oxygens (including phenoxy) is 1. The molecule has 156 valence electrons. The van der Waals surface area contributed by atoms with Crippen LogP contribution in [-0.4, -0.2) is 53.6 Å². The first-order valence-corrected chi connectivity index (χ1v) is 11.0. The van der Waals surface area contributed by atoms with Crippen molar-refractivity contribution in [3.8, 4) is 5.75 Å². The Morgan fingerprint density at radius 2 is 1.93 bits per heavy atom. The Labute approximate surface area is 173 Å². The van der Waals surface area contributed by atoms with Crippen LogP contribution in [0.1, 0.15) is 51.1 Å². The molecule has 1 aromatic heterocycles. The first-order chi connectivity index (χ1) is 14.1. The van der Waals surface area contributed by atoms with Gasteiger partial charge >= 0.3 is 0 Å². The van der Waals surface area contributed by atoms with Crippen molar-refractivity contribution in [2.24, 2.45) is 5.92 Å². The summed E-state index contributed by atoms with van der Waals surface area (Å²) in [6.45, 7) is 6.82. The highest BCUT2D eigenvalue weighted by Crippen LogP contribution is 2.29. The molecule has 3 heterocycles. The summed E-state index contributed by atoms with van der Waals surface area (Å²) in [5, 5.41) is 1.05. The van der Waals surface area contributed by atoms with E-state index in [2.05, 4.69) is 16.7 Å². The van der Waals surface area contributed by atoms with E-state index in [-0.39, 0.29) is 5.92 Å². The molecule has 0 N–H and O–H groups in total. The Morgan fingerprint density at radius 3 is 2.66 bits per heavy atom. The largest absolute Gasteiger partial charge is 0.497 e. The van der Waals surface area contributed by atoms with Crippen LogP contribution in [0.25, 0.3) is 10.9 Å². The third-order valence-electron chi connectivity index (χ3n) is 6.59. The predicted octanol–water partition coefficient (Wildman–Crippen LogP) is 3.95. The van der Waals surface area contributed by atoms with Crippen LogP contribution in [0.2, 0.25) is 0 Å². The topological polar surface area (TPSA) is 58.6 Å². The van der Waals surface area contributed by atoms with Gasteiger partial charge in [-0.25, -0.2) is 9.97 Å². The minimum absolute atomic E-state index is 0.139. The number of aryl methyl sites for hydroxylation is 1. The summed E-state index contributed by atoms with van der Waals surface area (Å²) < 4.78 is 5.35. The van der Waals surface area contributed by atoms with Gasteiger partial charge in [0.25, 0.3) is 0 Å². The monoisotopic (exact) mass is 396 g/mol. The Balaban J connectivity index is 1.46. The van der Waals surface area contributed by atoms with Crippen LogP contribution in [0.5, 0.6) is 5.75 Å². The zero-order valence-corrected chi connectivity index (χ0v) is 17.9. The highest BCUT2D eigenvalue weighted by Gasteiger charge is 2.33. The van der Waals surface area contributed by atoms with E-state index in [4.69, 9.17) is 14.7 Å². The average molecular weight is 397 g/mol. The molecule has 1 aromatic carbocycles. The summed E-state index contributed by atoms with van der Waals surface area (Å²) in [7, 11) is 1.67. The summed E-state index contributed by atoms with van der Waals surface area (Å²) in [5.41, 5.74) is 1.88. The van der Waals surface area contributed by atoms with Crippen molar-refractivity contribution in [3.63, 3.8) is 0 Å². The molecule has 1 unspecified atom stereocenters. The van der Waals surface area contributed by atoms with Gasteiger partial charge in [-0.15, -0.1) is 0 Å². The van der Waals surface area contributed by atoms with Crippen molar-refractivity contribution >= 4 is 22.8 Å². The van der Waals surface area contributed by atoms with E-state index in [9.17, 15) is 4.79 Å². The first-order valence-electron chi connectivity index (χ1n) is 11.0. The van der Waals surface area contributed by atoms with E-state index in [1.807, 2.05) is 25.1 Å². The minimum Gasteiger partial charge on any atom is -0.497 e. The van der Waals surface area contributed by atoms with Gasteiger partial charge < -0.3 is 14.5 Å². The van der Waals surface area contributed by atoms with E-state index in [0.717, 1.165) is 80.0 Å². The van der Waals surface area contributed by atoms with Crippen molar-refractivity contribution < 1.29 is 9.53 Å². The Hall–Kier alpha value is -2.37. The van der Waals surface area contributed by atoms with E-state index in [1.54, 1.807) is 7.11 Å². The first kappa shape index (κ1) is 19.9. The third kappa shape index (κ3) is 4.02. The number of fused-ring (bicyclic) bond motifs is 1. The number of piperidine rings is 2. The number of carbonyl (C=O) groups is 1. The summed E-state index contributed by atoms with van der Waals surface area (Å²) >= 11 is 0. The van der Waals surface area contributed by atoms with E-state index in [1.165, 1.54) is 6.42 Å². The van der Waals surface area contributed by atoms with E-state index in [0.29, 0.717) is 11.9 Å². The Bertz CT molecular complexity index is 877. The molecule has 0 radical (unpaired) electrons. The highest BCUT2D eigenvalue weighted by molar-refractivity contribution is 5.83. The molecule has 29 heavy (non-hydrogen) atoms. The summed E-state index contributed by atoms with van der Waals surface area (Å²) in [4.78, 5) is 27.1. The van der Waals surface area contributed by atoms with Gasteiger partial charge in [0.1, 0.15) is 5.75 Å². The zero-order chi connectivity index (χ0) is 20.4. The van der Waals surface area contributed by atoms with Crippen LogP contribution in [0.15, 0.2) is 18.2 Å². The average Bonchev–Trinajstić information content (AvgIpc) is 2.78. The fourth-order valence-corrected chi connectivity index (χ4v) is 4.80. The van der Waals surface area contributed by atoms with Crippen molar-refractivity contribution in [3.05, 3.63) is 23.9 Å². The van der Waals surface area contributed by atoms with Crippen molar-refractivity contribution in [2.45, 2.75) is 58.4 Å². The molecule has 1 atom stereocenters. The second-order valence-corrected chi connectivity index (χ2v) is 8.34. The standard InChI is InChI=1S/C23H32N4O2/c1-4-18-7-5-6-12-27(18)22(28)17-10-13-26(14-11-17)23-24-16(2)20-9-8-19(29-3)15-21(20)25-23/h8-9,15,17-18H,4-7,10-14H2,1-3H3. The fraction of sp³-hybridized carbons (Fsp3) is 0.609. The Kier molecular flexibility index (Phi) is 5.88. The minimum atomic E-state index is 0.139. The van der Waals surface area contributed by atoms with Gasteiger partial charge in [-0.2, -0.15) is 0 Å². The van der Waals surface area contributed by atoms with Gasteiger partial charge in [-0.3, -0.25) is 4.79 Å². The molecule has 6 heteroatoms. The zero-order valence-electron chi connectivity index (χ0n) is 17.9. The molecule has 2 saturated heterocycles. The second-order valence-electron chi connectivity index (χ2n) is 8.34. The lowest BCUT2D eigenvalue weighted by Gasteiger charge is -2.39. The van der Waals surface area contributed by atoms with Crippen LogP contribution in [0.4, 0.5) is 5.95 Å². The number of carbonyl (C=O) groups excluding carboxylic acids is 1. The van der Waals surface area contributed by atoms with Crippen molar-refractivity contribution in [1.82, 2.24) is 14.9 Å². The smallest absolute Gasteiger partial charge is 0.226 e. The van der Waals surface area contributed by atoms with Crippen LogP contribution >= 0.6 is 0 Å². The quantitative estimate of drug-likeness (QED) is 0.783. The highest BCUT2D eigenvalue weighted by atomic mass is 16.5. The van der Waals surface area contributed by atoms with Crippen molar-refractivity contribution in [1.29, 1.82) is 0 Å². The van der Waals surface area contributed by atoms with Crippen LogP contribution < -0.4 is 9.64 Å². The predicted molar refractivity (Wildman–Crippen MR) is 115 cm³/mol. The molecular weight excluding hydrogens is 364 g/mol. The molecule has 0 bridgehead atoms. The fourth-order valence-electron chi connectivity index (χ4n) is 4.80. The molecule has 0 aliphatic carbocycles. The van der Waals surface area contributed by atoms with Crippen LogP contribution in [0, 0.1) is 12.8 Å². The van der Waals surface area contributed by atoms with E-state index < -0.39 is 0 Å². The Morgan fingerprint density at radius 1 is 1.14 bits per heavy atom. The molecule has 4 rings (SSSR count). The molecule has 1 amide bonds. The van der Waals surface area contributed by atoms with Crippen LogP contribution in [0.3, 0.4) is 0 Å². The number of likely N-dealkylation sites (tertiary alicyclic amines) is 1. The normalized spacial score (nSPS) is 20.9. The third-order valence-corrected chi connectivity index (χ3v) is 6.59. The SMILES string of the molecule is CCC1CCCCN1C(=O)C1CCN(c2nc(C)c3ccc(OC)cc3n2)CC1. The lowest BCUT2D eigenvalue weighted by atomic mass is 9.92. The van der Waals surface area contributed by atoms with Gasteiger partial charge in [-0.05, 0) is 57.6 Å². The van der Waals surface area contributed by atoms with Gasteiger partial charge in [-0.1, -0.05) is 6.92 Å². The number of rotatable bonds is 4. The lowest BCUT2D eigenvalue weighted by molar-refractivity contribution is -0.140. The molecule has 2 fully saturated rings. The molecule has 2 aliphatic heterocycles. The lowest BCUT2D eigenvalue weighted by Crippen LogP contribution is -2.48. The number of benzene rings is 1. The summed E-state index contributed by atoms with van der Waals surface area (Å²) in [6, 6.07) is 6.36. The number of anilines is 1. The van der Waals surface area contributed by atoms with Crippen LogP contribution in [-0.2, 0) is 4.79 Å². The maximum absolute atomic E-state index is 13.1. The number of aromatic nitrogens is 2. The number of hydrogen-bond acceptors (Lipinski definition) is 5. The molecule has 2 aliphatic rings. The van der Waals surface area contributed by atoms with E-state index >= 15 is 0 Å². The summed E-state index contributed by atoms with van der Waals surface area (Å²) in [5.74, 6) is 2.08. The maximum atomic E-state index is 13.1. The van der Waals surface area contributed by atoms with Gasteiger partial charge in [0.15, 0.2) is 0 Å². The number of methoxy groups -OCH3 is 1. The molecule has 2 aromatic rings. The van der Waals surface area contributed by atoms with Gasteiger partial charge in [0, 0.05) is 43.0 Å².